The van der Waals surface area contributed by atoms with Crippen molar-refractivity contribution in [3.05, 3.63) is 29.8 Å². The Labute approximate surface area is 126 Å². The van der Waals surface area contributed by atoms with Crippen LogP contribution in [0, 0.1) is 11.3 Å². The zero-order chi connectivity index (χ0) is 15.6. The smallest absolute Gasteiger partial charge is 0.242 e. The Bertz CT molecular complexity index is 549. The van der Waals surface area contributed by atoms with Crippen molar-refractivity contribution in [2.24, 2.45) is 11.3 Å². The molecule has 0 spiro atoms. The van der Waals surface area contributed by atoms with Gasteiger partial charge in [-0.2, -0.15) is 0 Å². The maximum absolute atomic E-state index is 12.8. The van der Waals surface area contributed by atoms with E-state index < -0.39 is 5.41 Å². The van der Waals surface area contributed by atoms with E-state index in [9.17, 15) is 9.59 Å². The van der Waals surface area contributed by atoms with E-state index in [4.69, 9.17) is 0 Å². The number of para-hydroxylation sites is 1. The Hall–Kier alpha value is -1.84. The summed E-state index contributed by atoms with van der Waals surface area (Å²) in [7, 11) is 0. The van der Waals surface area contributed by atoms with Crippen LogP contribution in [0.4, 0.5) is 5.69 Å². The second-order valence-corrected chi connectivity index (χ2v) is 6.56. The Balaban J connectivity index is 2.14. The van der Waals surface area contributed by atoms with E-state index in [0.29, 0.717) is 19.0 Å². The van der Waals surface area contributed by atoms with Gasteiger partial charge in [0.25, 0.3) is 0 Å². The first-order valence-corrected chi connectivity index (χ1v) is 7.52. The molecule has 0 saturated carbocycles. The Morgan fingerprint density at radius 3 is 2.62 bits per heavy atom. The van der Waals surface area contributed by atoms with Crippen LogP contribution in [0.15, 0.2) is 24.3 Å². The SMILES string of the molecule is CC(C)CNC(=O)C(C)(C)C(=O)N1CCc2ccccc21. The topological polar surface area (TPSA) is 49.4 Å². The number of hydrogen-bond acceptors (Lipinski definition) is 2. The van der Waals surface area contributed by atoms with E-state index >= 15 is 0 Å². The molecule has 4 heteroatoms. The summed E-state index contributed by atoms with van der Waals surface area (Å²) in [6.07, 6.45) is 0.853. The minimum atomic E-state index is -1.05. The highest BCUT2D eigenvalue weighted by molar-refractivity contribution is 6.11. The molecular formula is C17H24N2O2. The van der Waals surface area contributed by atoms with E-state index in [1.165, 1.54) is 5.56 Å². The van der Waals surface area contributed by atoms with Gasteiger partial charge in [0.05, 0.1) is 0 Å². The first-order valence-electron chi connectivity index (χ1n) is 7.52. The number of nitrogens with zero attached hydrogens (tertiary/aromatic N) is 1. The molecule has 0 bridgehead atoms. The lowest BCUT2D eigenvalue weighted by atomic mass is 9.90. The van der Waals surface area contributed by atoms with E-state index in [1.54, 1.807) is 18.7 Å². The van der Waals surface area contributed by atoms with Crippen molar-refractivity contribution in [2.45, 2.75) is 34.1 Å². The molecule has 21 heavy (non-hydrogen) atoms. The lowest BCUT2D eigenvalue weighted by molar-refractivity contribution is -0.139. The van der Waals surface area contributed by atoms with Gasteiger partial charge < -0.3 is 10.2 Å². The lowest BCUT2D eigenvalue weighted by Gasteiger charge is -2.29. The highest BCUT2D eigenvalue weighted by Crippen LogP contribution is 2.31. The summed E-state index contributed by atoms with van der Waals surface area (Å²) in [6, 6.07) is 7.89. The first kappa shape index (κ1) is 15.5. The third-order valence-electron chi connectivity index (χ3n) is 3.91. The maximum atomic E-state index is 12.8. The fraction of sp³-hybridized carbons (Fsp3) is 0.529. The molecule has 0 atom stereocenters. The van der Waals surface area contributed by atoms with Crippen molar-refractivity contribution in [3.8, 4) is 0 Å². The van der Waals surface area contributed by atoms with Crippen LogP contribution in [0.25, 0.3) is 0 Å². The molecule has 0 aliphatic carbocycles. The monoisotopic (exact) mass is 288 g/mol. The predicted molar refractivity (Wildman–Crippen MR) is 84.1 cm³/mol. The van der Waals surface area contributed by atoms with Crippen molar-refractivity contribution in [1.82, 2.24) is 5.32 Å². The van der Waals surface area contributed by atoms with Crippen LogP contribution in [0.1, 0.15) is 33.3 Å². The number of rotatable bonds is 4. The molecular weight excluding hydrogens is 264 g/mol. The molecule has 1 N–H and O–H groups in total. The summed E-state index contributed by atoms with van der Waals surface area (Å²) in [5.41, 5.74) is 1.06. The fourth-order valence-corrected chi connectivity index (χ4v) is 2.50. The molecule has 1 aromatic rings. The molecule has 0 aromatic heterocycles. The minimum Gasteiger partial charge on any atom is -0.355 e. The predicted octanol–water partition coefficient (Wildman–Crippen LogP) is 2.37. The van der Waals surface area contributed by atoms with Crippen molar-refractivity contribution >= 4 is 17.5 Å². The van der Waals surface area contributed by atoms with E-state index in [0.717, 1.165) is 12.1 Å². The summed E-state index contributed by atoms with van der Waals surface area (Å²) < 4.78 is 0. The van der Waals surface area contributed by atoms with Gasteiger partial charge in [-0.1, -0.05) is 32.0 Å². The van der Waals surface area contributed by atoms with Gasteiger partial charge in [0, 0.05) is 18.8 Å². The molecule has 1 aliphatic rings. The second-order valence-electron chi connectivity index (χ2n) is 6.56. The van der Waals surface area contributed by atoms with Crippen LogP contribution < -0.4 is 10.2 Å². The van der Waals surface area contributed by atoms with Crippen molar-refractivity contribution in [1.29, 1.82) is 0 Å². The Morgan fingerprint density at radius 2 is 1.95 bits per heavy atom. The van der Waals surface area contributed by atoms with E-state index in [-0.39, 0.29) is 11.8 Å². The number of nitrogens with one attached hydrogen (secondary N) is 1. The molecule has 2 amide bonds. The normalized spacial score (nSPS) is 14.2. The Morgan fingerprint density at radius 1 is 1.29 bits per heavy atom. The highest BCUT2D eigenvalue weighted by atomic mass is 16.2. The number of carbonyl (C=O) groups excluding carboxylic acids is 2. The molecule has 1 aliphatic heterocycles. The molecule has 4 nitrogen and oxygen atoms in total. The van der Waals surface area contributed by atoms with Crippen LogP contribution in [0.3, 0.4) is 0 Å². The van der Waals surface area contributed by atoms with Crippen molar-refractivity contribution < 1.29 is 9.59 Å². The number of benzene rings is 1. The van der Waals surface area contributed by atoms with Crippen LogP contribution >= 0.6 is 0 Å². The zero-order valence-corrected chi connectivity index (χ0v) is 13.3. The summed E-state index contributed by atoms with van der Waals surface area (Å²) in [6.45, 7) is 8.71. The molecule has 0 radical (unpaired) electrons. The molecule has 2 rings (SSSR count). The number of carbonyl (C=O) groups is 2. The summed E-state index contributed by atoms with van der Waals surface area (Å²) in [5, 5.41) is 2.86. The van der Waals surface area contributed by atoms with Gasteiger partial charge in [0.15, 0.2) is 0 Å². The largest absolute Gasteiger partial charge is 0.355 e. The number of hydrogen-bond donors (Lipinski definition) is 1. The van der Waals surface area contributed by atoms with E-state index in [1.807, 2.05) is 38.1 Å². The van der Waals surface area contributed by atoms with Crippen LogP contribution in [-0.4, -0.2) is 24.9 Å². The van der Waals surface area contributed by atoms with Gasteiger partial charge in [-0.25, -0.2) is 0 Å². The van der Waals surface area contributed by atoms with Crippen LogP contribution in [0.5, 0.6) is 0 Å². The summed E-state index contributed by atoms with van der Waals surface area (Å²) in [4.78, 5) is 26.8. The van der Waals surface area contributed by atoms with Gasteiger partial charge >= 0.3 is 0 Å². The Kier molecular flexibility index (Phi) is 4.35. The third kappa shape index (κ3) is 3.09. The number of anilines is 1. The molecule has 0 fully saturated rings. The molecule has 0 saturated heterocycles. The minimum absolute atomic E-state index is 0.131. The highest BCUT2D eigenvalue weighted by Gasteiger charge is 2.41. The van der Waals surface area contributed by atoms with Crippen LogP contribution in [-0.2, 0) is 16.0 Å². The quantitative estimate of drug-likeness (QED) is 0.865. The third-order valence-corrected chi connectivity index (χ3v) is 3.91. The number of fused-ring (bicyclic) bond motifs is 1. The van der Waals surface area contributed by atoms with Gasteiger partial charge in [0.2, 0.25) is 11.8 Å². The average Bonchev–Trinajstić information content (AvgIpc) is 2.87. The molecule has 1 heterocycles. The first-order chi connectivity index (χ1) is 9.84. The maximum Gasteiger partial charge on any atom is 0.242 e. The molecule has 0 unspecified atom stereocenters. The van der Waals surface area contributed by atoms with Gasteiger partial charge in [0.1, 0.15) is 5.41 Å². The van der Waals surface area contributed by atoms with Crippen molar-refractivity contribution in [2.75, 3.05) is 18.0 Å². The molecule has 1 aromatic carbocycles. The zero-order valence-electron chi connectivity index (χ0n) is 13.3. The second kappa shape index (κ2) is 5.88. The van der Waals surface area contributed by atoms with Gasteiger partial charge in [-0.05, 0) is 37.8 Å². The molecule has 114 valence electrons. The van der Waals surface area contributed by atoms with Gasteiger partial charge in [-0.3, -0.25) is 9.59 Å². The number of amides is 2. The van der Waals surface area contributed by atoms with E-state index in [2.05, 4.69) is 5.32 Å². The lowest BCUT2D eigenvalue weighted by Crippen LogP contribution is -2.49. The average molecular weight is 288 g/mol. The summed E-state index contributed by atoms with van der Waals surface area (Å²) >= 11 is 0. The standard InChI is InChI=1S/C17H24N2O2/c1-12(2)11-18-15(20)17(3,4)16(21)19-10-9-13-7-5-6-8-14(13)19/h5-8,12H,9-11H2,1-4H3,(H,18,20). The summed E-state index contributed by atoms with van der Waals surface area (Å²) in [5.74, 6) is 0.0339. The van der Waals surface area contributed by atoms with Crippen LogP contribution in [0.2, 0.25) is 0 Å². The fourth-order valence-electron chi connectivity index (χ4n) is 2.50. The van der Waals surface area contributed by atoms with Crippen molar-refractivity contribution in [3.63, 3.8) is 0 Å². The van der Waals surface area contributed by atoms with Gasteiger partial charge in [-0.15, -0.1) is 0 Å².